The summed E-state index contributed by atoms with van der Waals surface area (Å²) in [5.74, 6) is 1.18. The largest absolute Gasteiger partial charge is 0.486 e. The number of carbonyl (C=O) groups excluding carboxylic acids is 2. The first kappa shape index (κ1) is 24.8. The first-order valence-electron chi connectivity index (χ1n) is 11.7. The Bertz CT molecular complexity index is 1150. The Morgan fingerprint density at radius 2 is 1.60 bits per heavy atom. The van der Waals surface area contributed by atoms with E-state index < -0.39 is 6.04 Å². The number of hydrogen-bond donors (Lipinski definition) is 1. The van der Waals surface area contributed by atoms with Gasteiger partial charge in [0.05, 0.1) is 0 Å². The Labute approximate surface area is 214 Å². The van der Waals surface area contributed by atoms with Crippen LogP contribution in [0.5, 0.6) is 11.5 Å². The molecule has 1 atom stereocenters. The first-order valence-corrected chi connectivity index (χ1v) is 12.5. The number of ether oxygens (including phenoxy) is 2. The highest BCUT2D eigenvalue weighted by Gasteiger charge is 2.29. The number of nitrogens with zero attached hydrogens (tertiary/aromatic N) is 1. The lowest BCUT2D eigenvalue weighted by molar-refractivity contribution is -0.141. The van der Waals surface area contributed by atoms with Gasteiger partial charge in [-0.15, -0.1) is 0 Å². The molecule has 1 aliphatic rings. The number of likely N-dealkylation sites (N-methyl/N-ethyl adjacent to an activating group) is 1. The lowest BCUT2D eigenvalue weighted by Gasteiger charge is -2.31. The van der Waals surface area contributed by atoms with Crippen LogP contribution in [0.25, 0.3) is 0 Å². The number of fused-ring (bicyclic) bond motifs is 1. The molecule has 3 aromatic rings. The molecule has 35 heavy (non-hydrogen) atoms. The summed E-state index contributed by atoms with van der Waals surface area (Å²) in [7, 11) is 1.61. The molecule has 1 heterocycles. The van der Waals surface area contributed by atoms with E-state index in [9.17, 15) is 9.59 Å². The fourth-order valence-corrected chi connectivity index (χ4v) is 4.41. The highest BCUT2D eigenvalue weighted by atomic mass is 79.9. The lowest BCUT2D eigenvalue weighted by Crippen LogP contribution is -2.49. The van der Waals surface area contributed by atoms with E-state index in [0.717, 1.165) is 26.9 Å². The molecule has 0 bridgehead atoms. The molecule has 4 rings (SSSR count). The Morgan fingerprint density at radius 1 is 0.914 bits per heavy atom. The summed E-state index contributed by atoms with van der Waals surface area (Å²) in [6, 6.07) is 22.8. The molecule has 0 fully saturated rings. The second kappa shape index (κ2) is 11.9. The monoisotopic (exact) mass is 536 g/mol. The van der Waals surface area contributed by atoms with E-state index in [2.05, 4.69) is 21.2 Å². The molecule has 6 nitrogen and oxygen atoms in total. The van der Waals surface area contributed by atoms with Crippen LogP contribution in [0.1, 0.15) is 23.1 Å². The second-order valence-corrected chi connectivity index (χ2v) is 9.36. The van der Waals surface area contributed by atoms with Gasteiger partial charge in [0, 0.05) is 30.9 Å². The predicted molar refractivity (Wildman–Crippen MR) is 138 cm³/mol. The van der Waals surface area contributed by atoms with Crippen molar-refractivity contribution in [3.05, 3.63) is 94.0 Å². The van der Waals surface area contributed by atoms with Crippen LogP contribution in [0.2, 0.25) is 0 Å². The number of hydrogen-bond acceptors (Lipinski definition) is 4. The van der Waals surface area contributed by atoms with Gasteiger partial charge < -0.3 is 19.7 Å². The zero-order chi connectivity index (χ0) is 24.6. The van der Waals surface area contributed by atoms with Gasteiger partial charge in [-0.3, -0.25) is 9.59 Å². The summed E-state index contributed by atoms with van der Waals surface area (Å²) in [5.41, 5.74) is 2.95. The number of carbonyl (C=O) groups is 2. The van der Waals surface area contributed by atoms with Crippen molar-refractivity contribution >= 4 is 27.7 Å². The minimum atomic E-state index is -0.626. The first-order chi connectivity index (χ1) is 17.0. The molecule has 3 aromatic carbocycles. The number of rotatable bonds is 9. The Hall–Kier alpha value is -3.32. The molecular weight excluding hydrogens is 508 g/mol. The van der Waals surface area contributed by atoms with Gasteiger partial charge in [-0.05, 0) is 47.4 Å². The van der Waals surface area contributed by atoms with Crippen LogP contribution in [0.15, 0.2) is 77.3 Å². The van der Waals surface area contributed by atoms with Gasteiger partial charge in [0.1, 0.15) is 19.3 Å². The van der Waals surface area contributed by atoms with E-state index in [1.54, 1.807) is 11.9 Å². The van der Waals surface area contributed by atoms with Crippen LogP contribution in [0, 0.1) is 0 Å². The maximum Gasteiger partial charge on any atom is 0.242 e. The van der Waals surface area contributed by atoms with E-state index in [1.165, 1.54) is 0 Å². The van der Waals surface area contributed by atoms with E-state index in [4.69, 9.17) is 9.47 Å². The molecule has 0 spiro atoms. The third-order valence-corrected chi connectivity index (χ3v) is 6.55. The van der Waals surface area contributed by atoms with Crippen LogP contribution in [0.4, 0.5) is 0 Å². The van der Waals surface area contributed by atoms with Crippen molar-refractivity contribution in [1.82, 2.24) is 10.2 Å². The van der Waals surface area contributed by atoms with Gasteiger partial charge in [-0.1, -0.05) is 64.5 Å². The average Bonchev–Trinajstić information content (AvgIpc) is 2.90. The van der Waals surface area contributed by atoms with E-state index in [1.807, 2.05) is 72.8 Å². The highest BCUT2D eigenvalue weighted by Crippen LogP contribution is 2.31. The summed E-state index contributed by atoms with van der Waals surface area (Å²) in [6.45, 7) is 1.40. The second-order valence-electron chi connectivity index (χ2n) is 8.45. The Balaban J connectivity index is 1.56. The van der Waals surface area contributed by atoms with E-state index >= 15 is 0 Å². The number of nitrogens with one attached hydrogen (secondary N) is 1. The SMILES string of the molecule is CNC(=O)[C@H](Cc1ccccc1)N(Cc1ccc(Br)cc1)C(=O)CCc1ccc2c(c1)OCCO2. The van der Waals surface area contributed by atoms with Gasteiger partial charge in [-0.25, -0.2) is 0 Å². The van der Waals surface area contributed by atoms with Crippen LogP contribution in [-0.2, 0) is 29.0 Å². The standard InChI is InChI=1S/C28H29BrN2O4/c1-30-28(33)24(17-20-5-3-2-4-6-20)31(19-22-7-11-23(29)12-8-22)27(32)14-10-21-9-13-25-26(18-21)35-16-15-34-25/h2-9,11-13,18,24H,10,14-17,19H2,1H3,(H,30,33)/t24-/m0/s1. The van der Waals surface area contributed by atoms with Gasteiger partial charge in [-0.2, -0.15) is 0 Å². The van der Waals surface area contributed by atoms with Crippen molar-refractivity contribution in [2.24, 2.45) is 0 Å². The smallest absolute Gasteiger partial charge is 0.242 e. The minimum absolute atomic E-state index is 0.0765. The lowest BCUT2D eigenvalue weighted by atomic mass is 10.0. The van der Waals surface area contributed by atoms with Crippen molar-refractivity contribution < 1.29 is 19.1 Å². The third-order valence-electron chi connectivity index (χ3n) is 6.02. The number of benzene rings is 3. The summed E-state index contributed by atoms with van der Waals surface area (Å²) < 4.78 is 12.2. The van der Waals surface area contributed by atoms with Crippen molar-refractivity contribution in [2.45, 2.75) is 31.8 Å². The third kappa shape index (κ3) is 6.63. The number of aryl methyl sites for hydroxylation is 1. The maximum absolute atomic E-state index is 13.6. The highest BCUT2D eigenvalue weighted by molar-refractivity contribution is 9.10. The summed E-state index contributed by atoms with van der Waals surface area (Å²) in [6.07, 6.45) is 1.25. The van der Waals surface area contributed by atoms with Gasteiger partial charge in [0.2, 0.25) is 11.8 Å². The topological polar surface area (TPSA) is 67.9 Å². The minimum Gasteiger partial charge on any atom is -0.486 e. The van der Waals surface area contributed by atoms with E-state index in [0.29, 0.717) is 38.3 Å². The van der Waals surface area contributed by atoms with Gasteiger partial charge in [0.25, 0.3) is 0 Å². The average molecular weight is 537 g/mol. The summed E-state index contributed by atoms with van der Waals surface area (Å²) >= 11 is 3.46. The quantitative estimate of drug-likeness (QED) is 0.436. The summed E-state index contributed by atoms with van der Waals surface area (Å²) in [5, 5.41) is 2.75. The molecule has 0 radical (unpaired) electrons. The van der Waals surface area contributed by atoms with Crippen molar-refractivity contribution in [3.63, 3.8) is 0 Å². The molecule has 7 heteroatoms. The fourth-order valence-electron chi connectivity index (χ4n) is 4.15. The zero-order valence-corrected chi connectivity index (χ0v) is 21.3. The predicted octanol–water partition coefficient (Wildman–Crippen LogP) is 4.54. The molecule has 182 valence electrons. The van der Waals surface area contributed by atoms with Crippen molar-refractivity contribution in [2.75, 3.05) is 20.3 Å². The zero-order valence-electron chi connectivity index (χ0n) is 19.7. The van der Waals surface area contributed by atoms with Crippen LogP contribution >= 0.6 is 15.9 Å². The van der Waals surface area contributed by atoms with Crippen LogP contribution in [0.3, 0.4) is 0 Å². The molecule has 2 amide bonds. The molecule has 0 saturated carbocycles. The number of halogens is 1. The van der Waals surface area contributed by atoms with Crippen LogP contribution in [-0.4, -0.2) is 43.0 Å². The molecular formula is C28H29BrN2O4. The molecule has 0 saturated heterocycles. The Kier molecular flexibility index (Phi) is 8.42. The van der Waals surface area contributed by atoms with Crippen molar-refractivity contribution in [3.8, 4) is 11.5 Å². The molecule has 0 aromatic heterocycles. The van der Waals surface area contributed by atoms with Crippen LogP contribution < -0.4 is 14.8 Å². The van der Waals surface area contributed by atoms with Gasteiger partial charge >= 0.3 is 0 Å². The van der Waals surface area contributed by atoms with E-state index in [-0.39, 0.29) is 18.2 Å². The normalized spacial score (nSPS) is 13.1. The maximum atomic E-state index is 13.6. The molecule has 0 aliphatic carbocycles. The Morgan fingerprint density at radius 3 is 2.31 bits per heavy atom. The van der Waals surface area contributed by atoms with Gasteiger partial charge in [0.15, 0.2) is 11.5 Å². The fraction of sp³-hybridized carbons (Fsp3) is 0.286. The summed E-state index contributed by atoms with van der Waals surface area (Å²) in [4.78, 5) is 28.3. The molecule has 1 N–H and O–H groups in total. The number of amides is 2. The molecule has 0 unspecified atom stereocenters. The molecule has 1 aliphatic heterocycles. The van der Waals surface area contributed by atoms with Crippen molar-refractivity contribution in [1.29, 1.82) is 0 Å².